The molecule has 102 valence electrons. The maximum Gasteiger partial charge on any atom is 0.0734 e. The third-order valence-electron chi connectivity index (χ3n) is 3.07. The van der Waals surface area contributed by atoms with E-state index in [9.17, 15) is 0 Å². The fourth-order valence-electron chi connectivity index (χ4n) is 1.99. The van der Waals surface area contributed by atoms with Crippen molar-refractivity contribution in [1.29, 1.82) is 5.41 Å². The molecule has 0 spiro atoms. The van der Waals surface area contributed by atoms with Crippen LogP contribution in [0.15, 0.2) is 45.9 Å². The minimum atomic E-state index is -0.171. The lowest BCUT2D eigenvalue weighted by molar-refractivity contribution is 1.08. The summed E-state index contributed by atoms with van der Waals surface area (Å²) in [5.74, 6) is -0.171. The number of halogens is 1. The zero-order valence-corrected chi connectivity index (χ0v) is 13.1. The van der Waals surface area contributed by atoms with Crippen LogP contribution in [0.4, 0.5) is 0 Å². The van der Waals surface area contributed by atoms with E-state index in [2.05, 4.69) is 20.9 Å². The first-order valence-electron chi connectivity index (χ1n) is 6.32. The molecule has 3 nitrogen and oxygen atoms in total. The van der Waals surface area contributed by atoms with Gasteiger partial charge in [0.15, 0.2) is 0 Å². The second kappa shape index (κ2) is 6.57. The van der Waals surface area contributed by atoms with Gasteiger partial charge in [-0.05, 0) is 30.7 Å². The Balaban J connectivity index is 2.48. The summed E-state index contributed by atoms with van der Waals surface area (Å²) < 4.78 is 1.05. The van der Waals surface area contributed by atoms with E-state index in [1.807, 2.05) is 43.3 Å². The van der Waals surface area contributed by atoms with Crippen LogP contribution in [0.25, 0.3) is 11.3 Å². The van der Waals surface area contributed by atoms with Gasteiger partial charge in [0, 0.05) is 29.5 Å². The lowest BCUT2D eigenvalue weighted by atomic mass is 10.0. The van der Waals surface area contributed by atoms with Gasteiger partial charge in [-0.15, -0.1) is 0 Å². The van der Waals surface area contributed by atoms with Crippen LogP contribution < -0.4 is 0 Å². The molecule has 1 atom stereocenters. The predicted octanol–water partition coefficient (Wildman–Crippen LogP) is 4.25. The maximum atomic E-state index is 7.50. The van der Waals surface area contributed by atoms with Crippen LogP contribution in [-0.4, -0.2) is 24.5 Å². The Morgan fingerprint density at radius 2 is 1.90 bits per heavy atom. The van der Waals surface area contributed by atoms with E-state index in [1.165, 1.54) is 6.21 Å². The van der Waals surface area contributed by atoms with Crippen LogP contribution >= 0.6 is 15.9 Å². The Morgan fingerprint density at radius 1 is 1.20 bits per heavy atom. The Bertz CT molecular complexity index is 633. The lowest BCUT2D eigenvalue weighted by Crippen LogP contribution is -2.05. The van der Waals surface area contributed by atoms with Gasteiger partial charge in [-0.2, -0.15) is 0 Å². The summed E-state index contributed by atoms with van der Waals surface area (Å²) in [6.45, 7) is 2.04. The van der Waals surface area contributed by atoms with E-state index in [-0.39, 0.29) is 5.92 Å². The summed E-state index contributed by atoms with van der Waals surface area (Å²) in [5, 5.41) is 7.50. The molecule has 0 aliphatic heterocycles. The highest BCUT2D eigenvalue weighted by molar-refractivity contribution is 9.10. The first-order chi connectivity index (χ1) is 9.65. The van der Waals surface area contributed by atoms with Crippen molar-refractivity contribution in [3.63, 3.8) is 0 Å². The third-order valence-corrected chi connectivity index (χ3v) is 3.60. The number of nitrogens with zero attached hydrogens (tertiary/aromatic N) is 2. The largest absolute Gasteiger partial charge is 0.312 e. The minimum absolute atomic E-state index is 0.171. The fraction of sp³-hybridized carbons (Fsp3) is 0.188. The number of hydrogen-bond donors (Lipinski definition) is 1. The molecule has 0 saturated carbocycles. The highest BCUT2D eigenvalue weighted by Gasteiger charge is 2.11. The molecule has 20 heavy (non-hydrogen) atoms. The molecule has 0 saturated heterocycles. The van der Waals surface area contributed by atoms with E-state index >= 15 is 0 Å². The van der Waals surface area contributed by atoms with Crippen molar-refractivity contribution in [3.8, 4) is 11.3 Å². The molecule has 2 aromatic rings. The highest BCUT2D eigenvalue weighted by atomic mass is 79.9. The first kappa shape index (κ1) is 14.6. The van der Waals surface area contributed by atoms with Crippen molar-refractivity contribution < 1.29 is 0 Å². The van der Waals surface area contributed by atoms with E-state index in [0.717, 1.165) is 27.0 Å². The molecule has 1 heterocycles. The molecular formula is C16H16BrN3. The Hall–Kier alpha value is -1.81. The molecule has 2 rings (SSSR count). The van der Waals surface area contributed by atoms with Crippen LogP contribution in [0.5, 0.6) is 0 Å². The summed E-state index contributed by atoms with van der Waals surface area (Å²) in [6, 6.07) is 12.1. The average Bonchev–Trinajstić information content (AvgIpc) is 2.46. The molecule has 0 aliphatic rings. The smallest absolute Gasteiger partial charge is 0.0734 e. The highest BCUT2D eigenvalue weighted by Crippen LogP contribution is 2.25. The van der Waals surface area contributed by atoms with Crippen LogP contribution in [0, 0.1) is 12.3 Å². The number of aliphatic imine (C=N–C) groups is 1. The monoisotopic (exact) mass is 329 g/mol. The molecule has 1 N–H and O–H groups in total. The van der Waals surface area contributed by atoms with Gasteiger partial charge in [0.05, 0.1) is 17.3 Å². The summed E-state index contributed by atoms with van der Waals surface area (Å²) in [6.07, 6.45) is 3.09. The van der Waals surface area contributed by atoms with Gasteiger partial charge in [0.1, 0.15) is 0 Å². The Morgan fingerprint density at radius 3 is 2.50 bits per heavy atom. The van der Waals surface area contributed by atoms with Gasteiger partial charge >= 0.3 is 0 Å². The number of rotatable bonds is 4. The molecule has 0 amide bonds. The minimum Gasteiger partial charge on any atom is -0.312 e. The summed E-state index contributed by atoms with van der Waals surface area (Å²) in [4.78, 5) is 8.70. The number of aromatic nitrogens is 1. The van der Waals surface area contributed by atoms with Crippen LogP contribution in [0.1, 0.15) is 17.2 Å². The van der Waals surface area contributed by atoms with E-state index in [0.29, 0.717) is 0 Å². The summed E-state index contributed by atoms with van der Waals surface area (Å²) in [5.41, 5.74) is 3.98. The van der Waals surface area contributed by atoms with Crippen molar-refractivity contribution in [1.82, 2.24) is 4.98 Å². The molecule has 0 radical (unpaired) electrons. The summed E-state index contributed by atoms with van der Waals surface area (Å²) >= 11 is 3.44. The zero-order chi connectivity index (χ0) is 14.5. The molecule has 1 aromatic carbocycles. The molecule has 0 bridgehead atoms. The number of nitrogens with one attached hydrogen (secondary N) is 1. The van der Waals surface area contributed by atoms with Gasteiger partial charge in [-0.3, -0.25) is 9.98 Å². The van der Waals surface area contributed by atoms with Crippen molar-refractivity contribution in [3.05, 3.63) is 52.1 Å². The molecule has 1 aromatic heterocycles. The van der Waals surface area contributed by atoms with E-state index in [4.69, 9.17) is 10.4 Å². The third kappa shape index (κ3) is 3.20. The fourth-order valence-corrected chi connectivity index (χ4v) is 2.26. The van der Waals surface area contributed by atoms with Crippen LogP contribution in [0.2, 0.25) is 0 Å². The van der Waals surface area contributed by atoms with Gasteiger partial charge in [-0.25, -0.2) is 0 Å². The van der Waals surface area contributed by atoms with E-state index < -0.39 is 0 Å². The van der Waals surface area contributed by atoms with Gasteiger partial charge in [0.25, 0.3) is 0 Å². The first-order valence-corrected chi connectivity index (χ1v) is 7.11. The Labute approximate surface area is 127 Å². The number of hydrogen-bond acceptors (Lipinski definition) is 3. The standard InChI is InChI=1S/C16H16BrN3/c1-11-3-8-15(13(9-18)10-19-2)20-16(11)12-4-6-14(17)7-5-12/h3-10,13,18H,1-2H3. The van der Waals surface area contributed by atoms with Gasteiger partial charge < -0.3 is 5.41 Å². The second-order valence-electron chi connectivity index (χ2n) is 4.51. The predicted molar refractivity (Wildman–Crippen MR) is 88.1 cm³/mol. The molecule has 4 heteroatoms. The molecule has 0 aliphatic carbocycles. The van der Waals surface area contributed by atoms with Gasteiger partial charge in [-0.1, -0.05) is 34.1 Å². The number of pyridine rings is 1. The average molecular weight is 330 g/mol. The van der Waals surface area contributed by atoms with Crippen molar-refractivity contribution >= 4 is 28.4 Å². The molecular weight excluding hydrogens is 314 g/mol. The molecule has 0 fully saturated rings. The SMILES string of the molecule is CN=CC(C=N)c1ccc(C)c(-c2ccc(Br)cc2)n1. The lowest BCUT2D eigenvalue weighted by Gasteiger charge is -2.11. The summed E-state index contributed by atoms with van der Waals surface area (Å²) in [7, 11) is 1.71. The maximum absolute atomic E-state index is 7.50. The number of benzene rings is 1. The van der Waals surface area contributed by atoms with Crippen molar-refractivity contribution in [2.45, 2.75) is 12.8 Å². The Kier molecular flexibility index (Phi) is 4.79. The topological polar surface area (TPSA) is 49.1 Å². The van der Waals surface area contributed by atoms with Crippen LogP contribution in [-0.2, 0) is 0 Å². The second-order valence-corrected chi connectivity index (χ2v) is 5.42. The molecule has 1 unspecified atom stereocenters. The van der Waals surface area contributed by atoms with Crippen molar-refractivity contribution in [2.75, 3.05) is 7.05 Å². The zero-order valence-electron chi connectivity index (χ0n) is 11.5. The number of aryl methyl sites for hydroxylation is 1. The normalized spacial score (nSPS) is 12.6. The quantitative estimate of drug-likeness (QED) is 0.837. The van der Waals surface area contributed by atoms with Crippen molar-refractivity contribution in [2.24, 2.45) is 4.99 Å². The van der Waals surface area contributed by atoms with Crippen LogP contribution in [0.3, 0.4) is 0 Å². The van der Waals surface area contributed by atoms with E-state index in [1.54, 1.807) is 13.3 Å². The van der Waals surface area contributed by atoms with Gasteiger partial charge in [0.2, 0.25) is 0 Å².